The molecule has 0 aliphatic carbocycles. The molecule has 0 spiro atoms. The molecule has 1 aromatic heterocycles. The van der Waals surface area contributed by atoms with Gasteiger partial charge in [0, 0.05) is 25.6 Å². The maximum Gasteiger partial charge on any atom is 0.264 e. The van der Waals surface area contributed by atoms with Gasteiger partial charge in [0.25, 0.3) is 15.9 Å². The molecule has 7 heteroatoms. The monoisotopic (exact) mass is 412 g/mol. The molecule has 0 unspecified atom stereocenters. The number of carbonyl (C=O) groups excluding carboxylic acids is 1. The zero-order valence-corrected chi connectivity index (χ0v) is 17.3. The minimum Gasteiger partial charge on any atom is -0.469 e. The van der Waals surface area contributed by atoms with Gasteiger partial charge in [0.1, 0.15) is 5.76 Å². The Balaban J connectivity index is 1.59. The molecule has 3 rings (SSSR count). The van der Waals surface area contributed by atoms with Crippen molar-refractivity contribution in [2.24, 2.45) is 0 Å². The minimum absolute atomic E-state index is 0.194. The van der Waals surface area contributed by atoms with Crippen LogP contribution in [0.15, 0.2) is 76.2 Å². The number of nitrogens with zero attached hydrogens (tertiary/aromatic N) is 1. The Kier molecular flexibility index (Phi) is 6.39. The molecule has 0 bridgehead atoms. The van der Waals surface area contributed by atoms with Crippen molar-refractivity contribution in [2.45, 2.75) is 24.7 Å². The first-order chi connectivity index (χ1) is 13.9. The summed E-state index contributed by atoms with van der Waals surface area (Å²) in [5.74, 6) is 0.696. The lowest BCUT2D eigenvalue weighted by atomic mass is 10.2. The minimum atomic E-state index is -3.66. The average Bonchev–Trinajstić information content (AvgIpc) is 3.24. The summed E-state index contributed by atoms with van der Waals surface area (Å²) in [6.07, 6.45) is 3.16. The largest absolute Gasteiger partial charge is 0.469 e. The maximum absolute atomic E-state index is 12.8. The van der Waals surface area contributed by atoms with Crippen LogP contribution >= 0.6 is 0 Å². The third-order valence-electron chi connectivity index (χ3n) is 4.64. The fraction of sp³-hybridized carbons (Fsp3) is 0.227. The van der Waals surface area contributed by atoms with Crippen molar-refractivity contribution in [3.05, 3.63) is 83.8 Å². The van der Waals surface area contributed by atoms with Crippen LogP contribution < -0.4 is 9.62 Å². The Bertz CT molecular complexity index is 1040. The summed E-state index contributed by atoms with van der Waals surface area (Å²) in [5.41, 5.74) is 1.96. The van der Waals surface area contributed by atoms with E-state index in [1.807, 2.05) is 19.1 Å². The summed E-state index contributed by atoms with van der Waals surface area (Å²) >= 11 is 0. The molecule has 29 heavy (non-hydrogen) atoms. The molecule has 0 aliphatic heterocycles. The molecular weight excluding hydrogens is 388 g/mol. The predicted octanol–water partition coefficient (Wildman–Crippen LogP) is 3.78. The molecule has 0 saturated heterocycles. The van der Waals surface area contributed by atoms with E-state index in [4.69, 9.17) is 4.42 Å². The van der Waals surface area contributed by atoms with Crippen LogP contribution in [0.2, 0.25) is 0 Å². The molecule has 0 radical (unpaired) electrons. The van der Waals surface area contributed by atoms with E-state index in [1.54, 1.807) is 54.8 Å². The van der Waals surface area contributed by atoms with Gasteiger partial charge in [-0.3, -0.25) is 9.10 Å². The lowest BCUT2D eigenvalue weighted by Crippen LogP contribution is -2.27. The fourth-order valence-electron chi connectivity index (χ4n) is 2.85. The summed E-state index contributed by atoms with van der Waals surface area (Å²) in [6, 6.07) is 17.0. The number of nitrogens with one attached hydrogen (secondary N) is 1. The van der Waals surface area contributed by atoms with Crippen LogP contribution in [0.1, 0.15) is 28.1 Å². The van der Waals surface area contributed by atoms with Gasteiger partial charge in [0.05, 0.1) is 16.8 Å². The highest BCUT2D eigenvalue weighted by Gasteiger charge is 2.21. The molecular formula is C22H24N2O4S. The van der Waals surface area contributed by atoms with Gasteiger partial charge in [0.15, 0.2) is 0 Å². The number of benzene rings is 2. The molecule has 0 aliphatic rings. The Labute approximate surface area is 171 Å². The Hall–Kier alpha value is -3.06. The van der Waals surface area contributed by atoms with Crippen molar-refractivity contribution in [1.82, 2.24) is 5.32 Å². The van der Waals surface area contributed by atoms with E-state index < -0.39 is 10.0 Å². The van der Waals surface area contributed by atoms with Gasteiger partial charge < -0.3 is 9.73 Å². The van der Waals surface area contributed by atoms with E-state index in [1.165, 1.54) is 11.4 Å². The van der Waals surface area contributed by atoms with Crippen LogP contribution in [-0.4, -0.2) is 27.9 Å². The van der Waals surface area contributed by atoms with Gasteiger partial charge in [-0.1, -0.05) is 17.7 Å². The quantitative estimate of drug-likeness (QED) is 0.571. The summed E-state index contributed by atoms with van der Waals surface area (Å²) in [7, 11) is -2.16. The second kappa shape index (κ2) is 8.96. The number of aryl methyl sites for hydroxylation is 2. The van der Waals surface area contributed by atoms with Crippen molar-refractivity contribution in [3.8, 4) is 0 Å². The van der Waals surface area contributed by atoms with Gasteiger partial charge in [0.2, 0.25) is 0 Å². The van der Waals surface area contributed by atoms with Crippen LogP contribution in [0.25, 0.3) is 0 Å². The number of carbonyl (C=O) groups is 1. The molecule has 1 N–H and O–H groups in total. The topological polar surface area (TPSA) is 79.6 Å². The number of amides is 1. The SMILES string of the molecule is Cc1ccc(S(=O)(=O)N(C)c2ccc(C(=O)NCCCc3ccco3)cc2)cc1. The molecule has 0 atom stereocenters. The molecule has 1 amide bonds. The van der Waals surface area contributed by atoms with Crippen molar-refractivity contribution in [2.75, 3.05) is 17.9 Å². The second-order valence-electron chi connectivity index (χ2n) is 6.77. The Morgan fingerprint density at radius 2 is 1.72 bits per heavy atom. The Morgan fingerprint density at radius 3 is 2.34 bits per heavy atom. The first-order valence-electron chi connectivity index (χ1n) is 9.34. The van der Waals surface area contributed by atoms with E-state index in [9.17, 15) is 13.2 Å². The molecule has 2 aromatic carbocycles. The second-order valence-corrected chi connectivity index (χ2v) is 8.74. The molecule has 152 valence electrons. The van der Waals surface area contributed by atoms with Gasteiger partial charge >= 0.3 is 0 Å². The highest BCUT2D eigenvalue weighted by Crippen LogP contribution is 2.22. The molecule has 6 nitrogen and oxygen atoms in total. The Morgan fingerprint density at radius 1 is 1.03 bits per heavy atom. The molecule has 3 aromatic rings. The normalized spacial score (nSPS) is 11.2. The third-order valence-corrected chi connectivity index (χ3v) is 6.44. The summed E-state index contributed by atoms with van der Waals surface area (Å²) in [4.78, 5) is 12.5. The zero-order chi connectivity index (χ0) is 20.9. The van der Waals surface area contributed by atoms with Gasteiger partial charge in [-0.15, -0.1) is 0 Å². The smallest absolute Gasteiger partial charge is 0.264 e. The van der Waals surface area contributed by atoms with Crippen LogP contribution in [0.3, 0.4) is 0 Å². The number of anilines is 1. The number of sulfonamides is 1. The van der Waals surface area contributed by atoms with E-state index in [-0.39, 0.29) is 10.8 Å². The summed E-state index contributed by atoms with van der Waals surface area (Å²) in [6.45, 7) is 2.43. The first-order valence-corrected chi connectivity index (χ1v) is 10.8. The molecule has 0 saturated carbocycles. The lowest BCUT2D eigenvalue weighted by Gasteiger charge is -2.20. The number of hydrogen-bond acceptors (Lipinski definition) is 4. The number of rotatable bonds is 8. The van der Waals surface area contributed by atoms with E-state index in [0.29, 0.717) is 17.8 Å². The van der Waals surface area contributed by atoms with Gasteiger partial charge in [-0.05, 0) is 61.9 Å². The first kappa shape index (κ1) is 20.7. The molecule has 0 fully saturated rings. The number of furan rings is 1. The molecule has 1 heterocycles. The predicted molar refractivity (Wildman–Crippen MR) is 113 cm³/mol. The van der Waals surface area contributed by atoms with Crippen LogP contribution in [0, 0.1) is 6.92 Å². The fourth-order valence-corrected chi connectivity index (χ4v) is 4.05. The highest BCUT2D eigenvalue weighted by molar-refractivity contribution is 7.92. The van der Waals surface area contributed by atoms with E-state index >= 15 is 0 Å². The summed E-state index contributed by atoms with van der Waals surface area (Å²) < 4.78 is 32.0. The van der Waals surface area contributed by atoms with Crippen molar-refractivity contribution in [3.63, 3.8) is 0 Å². The van der Waals surface area contributed by atoms with Crippen LogP contribution in [0.4, 0.5) is 5.69 Å². The summed E-state index contributed by atoms with van der Waals surface area (Å²) in [5, 5.41) is 2.86. The standard InChI is InChI=1S/C22H24N2O4S/c1-17-7-13-21(14-8-17)29(26,27)24(2)19-11-9-18(10-12-19)22(25)23-15-3-5-20-6-4-16-28-20/h4,6-14,16H,3,5,15H2,1-2H3,(H,23,25). The lowest BCUT2D eigenvalue weighted by molar-refractivity contribution is 0.0953. The van der Waals surface area contributed by atoms with Crippen molar-refractivity contribution in [1.29, 1.82) is 0 Å². The van der Waals surface area contributed by atoms with E-state index in [0.717, 1.165) is 24.2 Å². The van der Waals surface area contributed by atoms with Crippen molar-refractivity contribution < 1.29 is 17.6 Å². The van der Waals surface area contributed by atoms with E-state index in [2.05, 4.69) is 5.32 Å². The zero-order valence-electron chi connectivity index (χ0n) is 16.5. The van der Waals surface area contributed by atoms with Gasteiger partial charge in [-0.25, -0.2) is 8.42 Å². The average molecular weight is 413 g/mol. The van der Waals surface area contributed by atoms with Crippen molar-refractivity contribution >= 4 is 21.6 Å². The van der Waals surface area contributed by atoms with Crippen LogP contribution in [-0.2, 0) is 16.4 Å². The highest BCUT2D eigenvalue weighted by atomic mass is 32.2. The van der Waals surface area contributed by atoms with Crippen LogP contribution in [0.5, 0.6) is 0 Å². The third kappa shape index (κ3) is 5.06. The van der Waals surface area contributed by atoms with Gasteiger partial charge in [-0.2, -0.15) is 0 Å². The maximum atomic E-state index is 12.8. The number of hydrogen-bond donors (Lipinski definition) is 1.